The van der Waals surface area contributed by atoms with Crippen molar-refractivity contribution in [1.82, 2.24) is 9.47 Å². The molecular weight excluding hydrogens is 408 g/mol. The van der Waals surface area contributed by atoms with E-state index in [0.29, 0.717) is 0 Å². The standard InChI is InChI=1S/C29H26N2O2/c32-29(28-23-9-3-1-7-21(23)19-22-8-2-4-10-24(22)28)26-20-31(27-12-6-5-11-25(26)27)14-13-30-15-17-33-18-16-30/h1-12,19-20H,13-18H2. The highest BCUT2D eigenvalue weighted by molar-refractivity contribution is 6.27. The van der Waals surface area contributed by atoms with Crippen molar-refractivity contribution < 1.29 is 9.53 Å². The van der Waals surface area contributed by atoms with E-state index in [4.69, 9.17) is 4.74 Å². The molecule has 0 saturated carbocycles. The van der Waals surface area contributed by atoms with Crippen LogP contribution < -0.4 is 0 Å². The van der Waals surface area contributed by atoms with Gasteiger partial charge >= 0.3 is 0 Å². The second kappa shape index (κ2) is 8.47. The number of hydrogen-bond donors (Lipinski definition) is 0. The fraction of sp³-hybridized carbons (Fsp3) is 0.207. The molecule has 1 aliphatic rings. The van der Waals surface area contributed by atoms with E-state index in [0.717, 1.165) is 83.0 Å². The Kier molecular flexibility index (Phi) is 5.17. The number of carbonyl (C=O) groups is 1. The van der Waals surface area contributed by atoms with Gasteiger partial charge in [0.1, 0.15) is 0 Å². The van der Waals surface area contributed by atoms with Crippen LogP contribution in [0, 0.1) is 0 Å². The molecule has 0 aliphatic carbocycles. The highest BCUT2D eigenvalue weighted by Gasteiger charge is 2.21. The Hall–Kier alpha value is -3.47. The van der Waals surface area contributed by atoms with Crippen LogP contribution in [0.5, 0.6) is 0 Å². The van der Waals surface area contributed by atoms with Crippen molar-refractivity contribution in [3.8, 4) is 0 Å². The monoisotopic (exact) mass is 434 g/mol. The predicted octanol–water partition coefficient (Wildman–Crippen LogP) is 5.51. The third-order valence-electron chi connectivity index (χ3n) is 6.79. The SMILES string of the molecule is O=C(c1c2ccccc2cc2ccccc12)c1cn(CCN2CCOCC2)c2ccccc12. The summed E-state index contributed by atoms with van der Waals surface area (Å²) in [4.78, 5) is 16.6. The van der Waals surface area contributed by atoms with Gasteiger partial charge in [-0.3, -0.25) is 9.69 Å². The summed E-state index contributed by atoms with van der Waals surface area (Å²) in [6.07, 6.45) is 2.06. The van der Waals surface area contributed by atoms with Gasteiger partial charge in [0.2, 0.25) is 0 Å². The Morgan fingerprint density at radius 3 is 2.06 bits per heavy atom. The fourth-order valence-corrected chi connectivity index (χ4v) is 5.08. The van der Waals surface area contributed by atoms with Crippen LogP contribution in [0.25, 0.3) is 32.4 Å². The normalized spacial score (nSPS) is 14.9. The van der Waals surface area contributed by atoms with Crippen molar-refractivity contribution in [3.63, 3.8) is 0 Å². The molecule has 0 spiro atoms. The molecule has 0 radical (unpaired) electrons. The molecule has 1 aromatic heterocycles. The largest absolute Gasteiger partial charge is 0.379 e. The van der Waals surface area contributed by atoms with Gasteiger partial charge in [0.05, 0.1) is 13.2 Å². The molecule has 2 heterocycles. The van der Waals surface area contributed by atoms with Crippen LogP contribution in [0.15, 0.2) is 85.1 Å². The van der Waals surface area contributed by atoms with Crippen molar-refractivity contribution >= 4 is 38.2 Å². The van der Waals surface area contributed by atoms with E-state index in [9.17, 15) is 4.79 Å². The molecule has 4 heteroatoms. The summed E-state index contributed by atoms with van der Waals surface area (Å²) in [6.45, 7) is 5.32. The molecule has 4 nitrogen and oxygen atoms in total. The third-order valence-corrected chi connectivity index (χ3v) is 6.79. The molecule has 5 aromatic rings. The summed E-state index contributed by atoms with van der Waals surface area (Å²) in [7, 11) is 0. The number of para-hydroxylation sites is 1. The highest BCUT2D eigenvalue weighted by Crippen LogP contribution is 2.32. The number of morpholine rings is 1. The van der Waals surface area contributed by atoms with Gasteiger partial charge in [-0.2, -0.15) is 0 Å². The molecule has 0 atom stereocenters. The first-order chi connectivity index (χ1) is 16.3. The molecule has 0 bridgehead atoms. The van der Waals surface area contributed by atoms with Crippen LogP contribution in [0.3, 0.4) is 0 Å². The Labute approximate surface area is 193 Å². The maximum absolute atomic E-state index is 14.2. The lowest BCUT2D eigenvalue weighted by Crippen LogP contribution is -2.38. The lowest BCUT2D eigenvalue weighted by atomic mass is 9.91. The van der Waals surface area contributed by atoms with Crippen LogP contribution in [0.1, 0.15) is 15.9 Å². The van der Waals surface area contributed by atoms with E-state index < -0.39 is 0 Å². The lowest BCUT2D eigenvalue weighted by molar-refractivity contribution is 0.0365. The van der Waals surface area contributed by atoms with Crippen molar-refractivity contribution in [2.75, 3.05) is 32.8 Å². The van der Waals surface area contributed by atoms with Gasteiger partial charge in [-0.15, -0.1) is 0 Å². The van der Waals surface area contributed by atoms with Crippen molar-refractivity contribution in [2.24, 2.45) is 0 Å². The number of rotatable bonds is 5. The number of carbonyl (C=O) groups excluding carboxylic acids is 1. The third kappa shape index (κ3) is 3.62. The average Bonchev–Trinajstić information content (AvgIpc) is 3.25. The highest BCUT2D eigenvalue weighted by atomic mass is 16.5. The number of fused-ring (bicyclic) bond motifs is 3. The van der Waals surface area contributed by atoms with E-state index in [2.05, 4.69) is 64.2 Å². The molecule has 0 N–H and O–H groups in total. The van der Waals surface area contributed by atoms with Crippen LogP contribution in [-0.4, -0.2) is 48.1 Å². The van der Waals surface area contributed by atoms with E-state index in [1.807, 2.05) is 30.3 Å². The second-order valence-corrected chi connectivity index (χ2v) is 8.73. The maximum Gasteiger partial charge on any atom is 0.196 e. The zero-order valence-corrected chi connectivity index (χ0v) is 18.5. The van der Waals surface area contributed by atoms with Crippen molar-refractivity contribution in [1.29, 1.82) is 0 Å². The Morgan fingerprint density at radius 1 is 0.758 bits per heavy atom. The van der Waals surface area contributed by atoms with E-state index in [1.165, 1.54) is 0 Å². The number of nitrogens with zero attached hydrogens (tertiary/aromatic N) is 2. The Balaban J connectivity index is 1.47. The quantitative estimate of drug-likeness (QED) is 0.270. The molecule has 164 valence electrons. The smallest absolute Gasteiger partial charge is 0.196 e. The minimum atomic E-state index is 0.0873. The maximum atomic E-state index is 14.2. The zero-order valence-electron chi connectivity index (χ0n) is 18.5. The number of aromatic nitrogens is 1. The molecule has 33 heavy (non-hydrogen) atoms. The number of benzene rings is 4. The molecular formula is C29H26N2O2. The predicted molar refractivity (Wildman–Crippen MR) is 134 cm³/mol. The summed E-state index contributed by atoms with van der Waals surface area (Å²) in [5, 5.41) is 5.21. The minimum Gasteiger partial charge on any atom is -0.379 e. The first-order valence-corrected chi connectivity index (χ1v) is 11.6. The molecule has 1 saturated heterocycles. The molecule has 4 aromatic carbocycles. The summed E-state index contributed by atoms with van der Waals surface area (Å²) in [6, 6.07) is 26.8. The molecule has 1 aliphatic heterocycles. The molecule has 0 unspecified atom stereocenters. The first kappa shape index (κ1) is 20.2. The van der Waals surface area contributed by atoms with Gasteiger partial charge in [-0.25, -0.2) is 0 Å². The Morgan fingerprint density at radius 2 is 1.36 bits per heavy atom. The van der Waals surface area contributed by atoms with Gasteiger partial charge in [0.15, 0.2) is 5.78 Å². The van der Waals surface area contributed by atoms with Crippen LogP contribution >= 0.6 is 0 Å². The average molecular weight is 435 g/mol. The first-order valence-electron chi connectivity index (χ1n) is 11.6. The van der Waals surface area contributed by atoms with Crippen molar-refractivity contribution in [3.05, 3.63) is 96.2 Å². The van der Waals surface area contributed by atoms with E-state index >= 15 is 0 Å². The van der Waals surface area contributed by atoms with Crippen LogP contribution in [0.2, 0.25) is 0 Å². The summed E-state index contributed by atoms with van der Waals surface area (Å²) in [5.74, 6) is 0.0873. The Bertz CT molecular complexity index is 1420. The number of ketones is 1. The van der Waals surface area contributed by atoms with Crippen LogP contribution in [0.4, 0.5) is 0 Å². The molecule has 6 rings (SSSR count). The van der Waals surface area contributed by atoms with Gasteiger partial charge in [-0.05, 0) is 33.7 Å². The van der Waals surface area contributed by atoms with E-state index in [-0.39, 0.29) is 5.78 Å². The topological polar surface area (TPSA) is 34.5 Å². The van der Waals surface area contributed by atoms with Gasteiger partial charge in [-0.1, -0.05) is 66.7 Å². The second-order valence-electron chi connectivity index (χ2n) is 8.73. The zero-order chi connectivity index (χ0) is 22.2. The fourth-order valence-electron chi connectivity index (χ4n) is 5.08. The number of hydrogen-bond acceptors (Lipinski definition) is 3. The minimum absolute atomic E-state index is 0.0873. The summed E-state index contributed by atoms with van der Waals surface area (Å²) >= 11 is 0. The molecule has 0 amide bonds. The summed E-state index contributed by atoms with van der Waals surface area (Å²) in [5.41, 5.74) is 2.67. The summed E-state index contributed by atoms with van der Waals surface area (Å²) < 4.78 is 7.73. The van der Waals surface area contributed by atoms with Gasteiger partial charge in [0, 0.05) is 54.4 Å². The van der Waals surface area contributed by atoms with Gasteiger partial charge < -0.3 is 9.30 Å². The van der Waals surface area contributed by atoms with E-state index in [1.54, 1.807) is 0 Å². The number of ether oxygens (including phenoxy) is 1. The molecule has 1 fully saturated rings. The van der Waals surface area contributed by atoms with Crippen LogP contribution in [-0.2, 0) is 11.3 Å². The van der Waals surface area contributed by atoms with Crippen molar-refractivity contribution in [2.45, 2.75) is 6.54 Å². The lowest BCUT2D eigenvalue weighted by Gasteiger charge is -2.26. The van der Waals surface area contributed by atoms with Gasteiger partial charge in [0.25, 0.3) is 0 Å².